The lowest BCUT2D eigenvalue weighted by Crippen LogP contribution is -2.49. The number of hydrazine groups is 1. The Labute approximate surface area is 200 Å². The van der Waals surface area contributed by atoms with Crippen LogP contribution in [0.1, 0.15) is 66.3 Å². The van der Waals surface area contributed by atoms with E-state index in [1.807, 2.05) is 11.9 Å². The van der Waals surface area contributed by atoms with Crippen LogP contribution in [-0.4, -0.2) is 60.9 Å². The Hall–Kier alpha value is -3.17. The van der Waals surface area contributed by atoms with Crippen molar-refractivity contribution in [2.45, 2.75) is 46.5 Å². The highest BCUT2D eigenvalue weighted by molar-refractivity contribution is 6.15. The van der Waals surface area contributed by atoms with Crippen LogP contribution >= 0.6 is 0 Å². The molecule has 1 aliphatic heterocycles. The summed E-state index contributed by atoms with van der Waals surface area (Å²) in [5.74, 6) is -1.42. The van der Waals surface area contributed by atoms with Gasteiger partial charge in [0.1, 0.15) is 0 Å². The molecule has 0 aromatic carbocycles. The third-order valence-electron chi connectivity index (χ3n) is 5.66. The Morgan fingerprint density at radius 2 is 1.38 bits per heavy atom. The molecule has 1 saturated heterocycles. The number of hydroxylamine groups is 1. The zero-order valence-electron chi connectivity index (χ0n) is 20.1. The van der Waals surface area contributed by atoms with Gasteiger partial charge in [0.2, 0.25) is 0 Å². The van der Waals surface area contributed by atoms with E-state index in [-0.39, 0.29) is 42.4 Å². The Bertz CT molecular complexity index is 947. The number of rotatable bonds is 9. The predicted molar refractivity (Wildman–Crippen MR) is 127 cm³/mol. The fraction of sp³-hybridized carbons (Fsp3) is 0.480. The Morgan fingerprint density at radius 1 is 0.853 bits per heavy atom. The van der Waals surface area contributed by atoms with E-state index in [4.69, 9.17) is 20.0 Å². The summed E-state index contributed by atoms with van der Waals surface area (Å²) in [7, 11) is 0. The van der Waals surface area contributed by atoms with Crippen LogP contribution in [0.3, 0.4) is 0 Å². The van der Waals surface area contributed by atoms with Crippen molar-refractivity contribution in [2.75, 3.05) is 38.6 Å². The zero-order chi connectivity index (χ0) is 24.7. The second-order valence-electron chi connectivity index (χ2n) is 7.95. The molecule has 0 aromatic heterocycles. The van der Waals surface area contributed by atoms with Crippen LogP contribution in [0.5, 0.6) is 0 Å². The number of nitrogens with zero attached hydrogens (tertiary/aromatic N) is 2. The Kier molecular flexibility index (Phi) is 8.84. The van der Waals surface area contributed by atoms with E-state index < -0.39 is 11.9 Å². The van der Waals surface area contributed by atoms with E-state index >= 15 is 0 Å². The summed E-state index contributed by atoms with van der Waals surface area (Å²) in [6.07, 6.45) is 3.26. The van der Waals surface area contributed by atoms with Gasteiger partial charge in [-0.25, -0.2) is 9.59 Å². The van der Waals surface area contributed by atoms with Crippen LogP contribution in [-0.2, 0) is 25.5 Å². The van der Waals surface area contributed by atoms with Crippen LogP contribution in [0.2, 0.25) is 0 Å². The number of fused-ring (bicyclic) bond motifs is 1. The molecule has 0 unspecified atom stereocenters. The fourth-order valence-electron chi connectivity index (χ4n) is 4.17. The number of hydrogen-bond acceptors (Lipinski definition) is 8. The van der Waals surface area contributed by atoms with Crippen LogP contribution in [0.25, 0.3) is 11.1 Å². The SMILES string of the molecule is CCOC(=O)c1c2ccc(CC(=O)N(OCC)N3CCCCC3)ccc-2c(C(=O)OCC)c1N. The highest BCUT2D eigenvalue weighted by atomic mass is 16.7. The highest BCUT2D eigenvalue weighted by Gasteiger charge is 2.31. The average molecular weight is 472 g/mol. The molecule has 9 heteroatoms. The molecule has 0 radical (unpaired) electrons. The topological polar surface area (TPSA) is 111 Å². The van der Waals surface area contributed by atoms with Crippen molar-refractivity contribution < 1.29 is 28.7 Å². The van der Waals surface area contributed by atoms with Crippen molar-refractivity contribution >= 4 is 23.5 Å². The Morgan fingerprint density at radius 3 is 1.85 bits per heavy atom. The first-order valence-corrected chi connectivity index (χ1v) is 11.8. The molecule has 0 bridgehead atoms. The maximum Gasteiger partial charge on any atom is 0.340 e. The standard InChI is InChI=1S/C25H33N3O6/c1-4-32-24(30)21-18-12-10-17(11-13-19(18)22(23(21)26)25(31)33-5-2)16-20(29)28(34-6-3)27-14-8-7-9-15-27/h10-13H,4-9,14-16,26H2,1-3H3. The summed E-state index contributed by atoms with van der Waals surface area (Å²) in [6, 6.07) is 6.87. The number of nitrogens with two attached hydrogens (primary N) is 1. The quantitative estimate of drug-likeness (QED) is 0.437. The Balaban J connectivity index is 1.97. The summed E-state index contributed by atoms with van der Waals surface area (Å²) in [5, 5.41) is 3.31. The summed E-state index contributed by atoms with van der Waals surface area (Å²) < 4.78 is 10.3. The molecule has 2 N–H and O–H groups in total. The lowest BCUT2D eigenvalue weighted by molar-refractivity contribution is -0.269. The molecule has 184 valence electrons. The maximum atomic E-state index is 13.1. The van der Waals surface area contributed by atoms with E-state index in [0.29, 0.717) is 23.3 Å². The maximum absolute atomic E-state index is 13.1. The summed E-state index contributed by atoms with van der Waals surface area (Å²) in [4.78, 5) is 44.0. The van der Waals surface area contributed by atoms with Crippen molar-refractivity contribution in [3.8, 4) is 11.1 Å². The summed E-state index contributed by atoms with van der Waals surface area (Å²) in [6.45, 7) is 7.50. The third kappa shape index (κ3) is 5.48. The number of piperidine rings is 1. The van der Waals surface area contributed by atoms with E-state index in [9.17, 15) is 14.4 Å². The van der Waals surface area contributed by atoms with Crippen LogP contribution < -0.4 is 5.73 Å². The molecule has 0 saturated carbocycles. The molecule has 1 amide bonds. The number of carbonyl (C=O) groups is 3. The first-order valence-electron chi connectivity index (χ1n) is 11.8. The molecule has 34 heavy (non-hydrogen) atoms. The minimum absolute atomic E-state index is 0.0309. The number of hydrogen-bond donors (Lipinski definition) is 1. The van der Waals surface area contributed by atoms with Gasteiger partial charge in [-0.15, -0.1) is 5.17 Å². The summed E-state index contributed by atoms with van der Waals surface area (Å²) >= 11 is 0. The molecule has 3 aliphatic rings. The molecule has 1 heterocycles. The van der Waals surface area contributed by atoms with Gasteiger partial charge in [0, 0.05) is 13.1 Å². The van der Waals surface area contributed by atoms with Gasteiger partial charge in [-0.1, -0.05) is 30.7 Å². The molecular formula is C25H33N3O6. The lowest BCUT2D eigenvalue weighted by atomic mass is 10.1. The minimum Gasteiger partial charge on any atom is -0.462 e. The van der Waals surface area contributed by atoms with Gasteiger partial charge in [-0.2, -0.15) is 5.01 Å². The fourth-order valence-corrected chi connectivity index (χ4v) is 4.17. The highest BCUT2D eigenvalue weighted by Crippen LogP contribution is 2.39. The van der Waals surface area contributed by atoms with Gasteiger partial charge in [0.25, 0.3) is 5.91 Å². The molecular weight excluding hydrogens is 438 g/mol. The van der Waals surface area contributed by atoms with Crippen LogP contribution in [0.15, 0.2) is 24.3 Å². The number of esters is 2. The van der Waals surface area contributed by atoms with Gasteiger partial charge >= 0.3 is 11.9 Å². The molecule has 2 aliphatic carbocycles. The second kappa shape index (κ2) is 11.8. The normalized spacial score (nSPS) is 14.1. The predicted octanol–water partition coefficient (Wildman–Crippen LogP) is 3.45. The number of amides is 1. The van der Waals surface area contributed by atoms with Crippen molar-refractivity contribution in [2.24, 2.45) is 0 Å². The lowest BCUT2D eigenvalue weighted by Gasteiger charge is -2.35. The second-order valence-corrected chi connectivity index (χ2v) is 7.95. The van der Waals surface area contributed by atoms with Gasteiger partial charge in [0.05, 0.1) is 43.1 Å². The van der Waals surface area contributed by atoms with Crippen molar-refractivity contribution in [3.63, 3.8) is 0 Å². The molecule has 0 aromatic rings. The summed E-state index contributed by atoms with van der Waals surface area (Å²) in [5.41, 5.74) is 8.12. The first-order chi connectivity index (χ1) is 16.4. The number of nitrogen functional groups attached to an aromatic ring is 1. The molecule has 3 rings (SSSR count). The average Bonchev–Trinajstić information content (AvgIpc) is 2.96. The monoisotopic (exact) mass is 471 g/mol. The molecule has 0 spiro atoms. The minimum atomic E-state index is -0.614. The van der Waals surface area contributed by atoms with E-state index in [1.165, 1.54) is 5.17 Å². The first kappa shape index (κ1) is 25.5. The molecule has 9 nitrogen and oxygen atoms in total. The molecule has 0 atom stereocenters. The van der Waals surface area contributed by atoms with E-state index in [1.54, 1.807) is 38.1 Å². The molecule has 1 fully saturated rings. The van der Waals surface area contributed by atoms with Crippen molar-refractivity contribution in [1.29, 1.82) is 0 Å². The number of anilines is 1. The third-order valence-corrected chi connectivity index (χ3v) is 5.66. The van der Waals surface area contributed by atoms with Gasteiger partial charge in [-0.05, 0) is 50.3 Å². The van der Waals surface area contributed by atoms with Crippen molar-refractivity contribution in [1.82, 2.24) is 10.2 Å². The smallest absolute Gasteiger partial charge is 0.340 e. The van der Waals surface area contributed by atoms with Crippen molar-refractivity contribution in [3.05, 3.63) is 41.0 Å². The van der Waals surface area contributed by atoms with Gasteiger partial charge in [0.15, 0.2) is 0 Å². The number of carbonyl (C=O) groups excluding carboxylic acids is 3. The van der Waals surface area contributed by atoms with Gasteiger partial charge < -0.3 is 15.2 Å². The largest absolute Gasteiger partial charge is 0.462 e. The zero-order valence-corrected chi connectivity index (χ0v) is 20.1. The van der Waals surface area contributed by atoms with E-state index in [0.717, 1.165) is 32.4 Å². The van der Waals surface area contributed by atoms with E-state index in [2.05, 4.69) is 0 Å². The van der Waals surface area contributed by atoms with Crippen LogP contribution in [0.4, 0.5) is 5.69 Å². The number of ether oxygens (including phenoxy) is 2. The van der Waals surface area contributed by atoms with Crippen LogP contribution in [0, 0.1) is 0 Å². The van der Waals surface area contributed by atoms with Gasteiger partial charge in [-0.3, -0.25) is 9.63 Å².